The van der Waals surface area contributed by atoms with Crippen LogP contribution >= 0.6 is 0 Å². The van der Waals surface area contributed by atoms with Gasteiger partial charge in [-0.1, -0.05) is 12.2 Å². The first-order valence-corrected chi connectivity index (χ1v) is 10.9. The minimum Gasteiger partial charge on any atom is -0.493 e. The third-order valence-electron chi connectivity index (χ3n) is 6.86. The Bertz CT molecular complexity index is 933. The largest absolute Gasteiger partial charge is 0.493 e. The summed E-state index contributed by atoms with van der Waals surface area (Å²) in [5, 5.41) is 2.92. The zero-order valence-corrected chi connectivity index (χ0v) is 18.5. The molecule has 3 saturated heterocycles. The van der Waals surface area contributed by atoms with E-state index in [1.807, 2.05) is 12.2 Å². The van der Waals surface area contributed by atoms with Crippen molar-refractivity contribution in [3.05, 3.63) is 24.3 Å². The fourth-order valence-corrected chi connectivity index (χ4v) is 5.45. The molecule has 1 spiro atoms. The van der Waals surface area contributed by atoms with Crippen molar-refractivity contribution in [1.29, 1.82) is 0 Å². The second-order valence-electron chi connectivity index (χ2n) is 8.66. The van der Waals surface area contributed by atoms with Crippen molar-refractivity contribution in [3.63, 3.8) is 0 Å². The molecule has 0 aliphatic carbocycles. The predicted octanol–water partition coefficient (Wildman–Crippen LogP) is 1.61. The molecular weight excluding hydrogens is 416 g/mol. The third kappa shape index (κ3) is 3.22. The monoisotopic (exact) mass is 444 g/mol. The van der Waals surface area contributed by atoms with Crippen molar-refractivity contribution in [2.45, 2.75) is 30.7 Å². The Balaban J connectivity index is 1.37. The van der Waals surface area contributed by atoms with E-state index in [9.17, 15) is 9.59 Å². The number of hydrogen-bond donors (Lipinski definition) is 1. The van der Waals surface area contributed by atoms with Crippen LogP contribution in [0.3, 0.4) is 0 Å². The molecule has 0 aromatic heterocycles. The fraction of sp³-hybridized carbons (Fsp3) is 0.565. The van der Waals surface area contributed by atoms with Crippen molar-refractivity contribution in [2.75, 3.05) is 46.3 Å². The summed E-state index contributed by atoms with van der Waals surface area (Å²) >= 11 is 0. The second kappa shape index (κ2) is 7.97. The SMILES string of the molecule is COc1cc(NC(=O)[C@H]2[C@H]3C=C[C@]4(CN(C[C@H]5CCCO5)C(=O)[C@@H]24)O3)cc(OC)c1OC. The zero-order chi connectivity index (χ0) is 22.5. The van der Waals surface area contributed by atoms with Crippen LogP contribution < -0.4 is 19.5 Å². The zero-order valence-electron chi connectivity index (χ0n) is 18.5. The standard InChI is InChI=1S/C23H28N2O7/c1-28-16-9-13(10-17(29-2)20(16)30-3)24-21(26)18-15-6-7-23(32-15)12-25(22(27)19(18)23)11-14-5-4-8-31-14/h6-7,9-10,14-15,18-19H,4-5,8,11-12H2,1-3H3,(H,24,26)/t14-,15-,18+,19-,23-/m1/s1. The number of rotatable bonds is 7. The predicted molar refractivity (Wildman–Crippen MR) is 114 cm³/mol. The van der Waals surface area contributed by atoms with Crippen LogP contribution in [0.15, 0.2) is 24.3 Å². The number of fused-ring (bicyclic) bond motifs is 1. The van der Waals surface area contributed by atoms with Gasteiger partial charge in [0.1, 0.15) is 5.60 Å². The summed E-state index contributed by atoms with van der Waals surface area (Å²) in [6, 6.07) is 3.33. The number of nitrogens with zero attached hydrogens (tertiary/aromatic N) is 1. The van der Waals surface area contributed by atoms with Crippen LogP contribution in [-0.2, 0) is 19.1 Å². The first kappa shape index (κ1) is 21.1. The van der Waals surface area contributed by atoms with Gasteiger partial charge in [-0.2, -0.15) is 0 Å². The van der Waals surface area contributed by atoms with Crippen molar-refractivity contribution in [2.24, 2.45) is 11.8 Å². The Morgan fingerprint density at radius 1 is 1.22 bits per heavy atom. The summed E-state index contributed by atoms with van der Waals surface area (Å²) in [4.78, 5) is 28.5. The molecule has 4 aliphatic heterocycles. The first-order valence-electron chi connectivity index (χ1n) is 10.9. The molecule has 2 bridgehead atoms. The van der Waals surface area contributed by atoms with E-state index in [-0.39, 0.29) is 17.9 Å². The number of nitrogens with one attached hydrogen (secondary N) is 1. The molecular formula is C23H28N2O7. The molecule has 1 aromatic rings. The van der Waals surface area contributed by atoms with E-state index >= 15 is 0 Å². The molecule has 3 fully saturated rings. The number of carbonyl (C=O) groups excluding carboxylic acids is 2. The summed E-state index contributed by atoms with van der Waals surface area (Å²) in [7, 11) is 4.55. The molecule has 5 rings (SSSR count). The highest BCUT2D eigenvalue weighted by molar-refractivity contribution is 5.99. The summed E-state index contributed by atoms with van der Waals surface area (Å²) in [5.74, 6) is -0.161. The molecule has 4 aliphatic rings. The number of benzene rings is 1. The number of anilines is 1. The maximum Gasteiger partial charge on any atom is 0.231 e. The van der Waals surface area contributed by atoms with E-state index in [0.29, 0.717) is 36.0 Å². The molecule has 0 radical (unpaired) electrons. The van der Waals surface area contributed by atoms with Gasteiger partial charge in [0.15, 0.2) is 11.5 Å². The van der Waals surface area contributed by atoms with Crippen LogP contribution in [0.4, 0.5) is 5.69 Å². The Kier molecular flexibility index (Phi) is 5.25. The van der Waals surface area contributed by atoms with Crippen LogP contribution in [0.1, 0.15) is 12.8 Å². The molecule has 9 nitrogen and oxygen atoms in total. The third-order valence-corrected chi connectivity index (χ3v) is 6.86. The summed E-state index contributed by atoms with van der Waals surface area (Å²) < 4.78 is 28.0. The lowest BCUT2D eigenvalue weighted by atomic mass is 9.77. The second-order valence-corrected chi connectivity index (χ2v) is 8.66. The lowest BCUT2D eigenvalue weighted by Gasteiger charge is -2.24. The number of methoxy groups -OCH3 is 3. The molecule has 4 heterocycles. The molecule has 1 aromatic carbocycles. The van der Waals surface area contributed by atoms with E-state index in [1.165, 1.54) is 21.3 Å². The van der Waals surface area contributed by atoms with Crippen LogP contribution in [0, 0.1) is 11.8 Å². The molecule has 0 saturated carbocycles. The molecule has 172 valence electrons. The van der Waals surface area contributed by atoms with Gasteiger partial charge in [0.05, 0.1) is 51.9 Å². The van der Waals surface area contributed by atoms with E-state index in [1.54, 1.807) is 17.0 Å². The minimum absolute atomic E-state index is 0.0441. The van der Waals surface area contributed by atoms with Crippen LogP contribution in [0.25, 0.3) is 0 Å². The normalized spacial score (nSPS) is 32.3. The van der Waals surface area contributed by atoms with Crippen LogP contribution in [0.2, 0.25) is 0 Å². The number of ether oxygens (including phenoxy) is 5. The molecule has 32 heavy (non-hydrogen) atoms. The lowest BCUT2D eigenvalue weighted by molar-refractivity contribution is -0.136. The van der Waals surface area contributed by atoms with Gasteiger partial charge in [-0.25, -0.2) is 0 Å². The number of amides is 2. The highest BCUT2D eigenvalue weighted by atomic mass is 16.5. The van der Waals surface area contributed by atoms with Crippen molar-refractivity contribution < 1.29 is 33.3 Å². The lowest BCUT2D eigenvalue weighted by Crippen LogP contribution is -2.42. The maximum absolute atomic E-state index is 13.4. The van der Waals surface area contributed by atoms with E-state index in [4.69, 9.17) is 23.7 Å². The smallest absolute Gasteiger partial charge is 0.231 e. The van der Waals surface area contributed by atoms with Gasteiger partial charge in [-0.3, -0.25) is 9.59 Å². The van der Waals surface area contributed by atoms with Crippen LogP contribution in [0.5, 0.6) is 17.2 Å². The Labute approximate surface area is 186 Å². The topological polar surface area (TPSA) is 95.6 Å². The van der Waals surface area contributed by atoms with Crippen molar-refractivity contribution in [3.8, 4) is 17.2 Å². The van der Waals surface area contributed by atoms with E-state index < -0.39 is 23.5 Å². The quantitative estimate of drug-likeness (QED) is 0.639. The van der Waals surface area contributed by atoms with Crippen molar-refractivity contribution >= 4 is 17.5 Å². The van der Waals surface area contributed by atoms with Gasteiger partial charge in [0.2, 0.25) is 17.6 Å². The maximum atomic E-state index is 13.4. The van der Waals surface area contributed by atoms with Gasteiger partial charge in [-0.05, 0) is 12.8 Å². The van der Waals surface area contributed by atoms with Crippen molar-refractivity contribution in [1.82, 2.24) is 4.90 Å². The molecule has 2 amide bonds. The van der Waals surface area contributed by atoms with Gasteiger partial charge in [-0.15, -0.1) is 0 Å². The average molecular weight is 444 g/mol. The summed E-state index contributed by atoms with van der Waals surface area (Å²) in [6.45, 7) is 1.73. The van der Waals surface area contributed by atoms with Gasteiger partial charge in [0.25, 0.3) is 0 Å². The Hall–Kier alpha value is -2.78. The van der Waals surface area contributed by atoms with Gasteiger partial charge in [0, 0.05) is 31.0 Å². The van der Waals surface area contributed by atoms with Crippen LogP contribution in [-0.4, -0.2) is 75.5 Å². The number of carbonyl (C=O) groups is 2. The summed E-state index contributed by atoms with van der Waals surface area (Å²) in [5.41, 5.74) is -0.246. The molecule has 9 heteroatoms. The van der Waals surface area contributed by atoms with E-state index in [2.05, 4.69) is 5.32 Å². The van der Waals surface area contributed by atoms with E-state index in [0.717, 1.165) is 19.4 Å². The Morgan fingerprint density at radius 3 is 2.59 bits per heavy atom. The molecule has 0 unspecified atom stereocenters. The highest BCUT2D eigenvalue weighted by Crippen LogP contribution is 2.52. The van der Waals surface area contributed by atoms with Gasteiger partial charge >= 0.3 is 0 Å². The van der Waals surface area contributed by atoms with Gasteiger partial charge < -0.3 is 33.9 Å². The number of likely N-dealkylation sites (tertiary alicyclic amines) is 1. The number of hydrogen-bond acceptors (Lipinski definition) is 7. The summed E-state index contributed by atoms with van der Waals surface area (Å²) in [6.07, 6.45) is 5.46. The fourth-order valence-electron chi connectivity index (χ4n) is 5.45. The first-order chi connectivity index (χ1) is 15.5. The average Bonchev–Trinajstić information content (AvgIpc) is 3.56. The Morgan fingerprint density at radius 2 is 1.97 bits per heavy atom. The minimum atomic E-state index is -0.738. The molecule has 5 atom stereocenters. The highest BCUT2D eigenvalue weighted by Gasteiger charge is 2.66. The molecule has 1 N–H and O–H groups in total.